The van der Waals surface area contributed by atoms with Gasteiger partial charge in [0.25, 0.3) is 0 Å². The van der Waals surface area contributed by atoms with Crippen molar-refractivity contribution < 1.29 is 9.53 Å². The van der Waals surface area contributed by atoms with Gasteiger partial charge in [0, 0.05) is 18.7 Å². The molecule has 0 bridgehead atoms. The predicted molar refractivity (Wildman–Crippen MR) is 75.3 cm³/mol. The van der Waals surface area contributed by atoms with Gasteiger partial charge in [-0.25, -0.2) is 4.98 Å². The van der Waals surface area contributed by atoms with E-state index in [4.69, 9.17) is 10.5 Å². The quantitative estimate of drug-likeness (QED) is 0.818. The maximum atomic E-state index is 11.5. The summed E-state index contributed by atoms with van der Waals surface area (Å²) >= 11 is 0. The second-order valence-corrected chi connectivity index (χ2v) is 4.21. The lowest BCUT2D eigenvalue weighted by Crippen LogP contribution is -2.37. The third kappa shape index (κ3) is 3.68. The van der Waals surface area contributed by atoms with Crippen LogP contribution in [0.4, 0.5) is 5.95 Å². The molecule has 0 saturated carbocycles. The van der Waals surface area contributed by atoms with E-state index in [-0.39, 0.29) is 0 Å². The van der Waals surface area contributed by atoms with Gasteiger partial charge in [-0.05, 0) is 5.56 Å². The van der Waals surface area contributed by atoms with Gasteiger partial charge in [0.05, 0.1) is 7.11 Å². The molecule has 6 heteroatoms. The monoisotopic (exact) mass is 272 g/mol. The molecule has 0 aliphatic carbocycles. The van der Waals surface area contributed by atoms with E-state index >= 15 is 0 Å². The van der Waals surface area contributed by atoms with E-state index in [2.05, 4.69) is 15.3 Å². The van der Waals surface area contributed by atoms with Crippen molar-refractivity contribution in [1.82, 2.24) is 9.97 Å². The molecule has 2 aromatic rings. The van der Waals surface area contributed by atoms with E-state index < -0.39 is 11.9 Å². The van der Waals surface area contributed by atoms with Gasteiger partial charge in [0.1, 0.15) is 6.04 Å². The Balaban J connectivity index is 2.11. The summed E-state index contributed by atoms with van der Waals surface area (Å²) < 4.78 is 5.01. The molecule has 1 aromatic heterocycles. The number of rotatable bonds is 6. The van der Waals surface area contributed by atoms with Crippen molar-refractivity contribution in [2.24, 2.45) is 5.73 Å². The molecule has 3 N–H and O–H groups in total. The first-order valence-electron chi connectivity index (χ1n) is 6.16. The van der Waals surface area contributed by atoms with Crippen LogP contribution >= 0.6 is 0 Å². The van der Waals surface area contributed by atoms with Crippen LogP contribution in [0.1, 0.15) is 5.56 Å². The normalized spacial score (nSPS) is 11.7. The molecule has 0 aliphatic heterocycles. The highest BCUT2D eigenvalue weighted by molar-refractivity contribution is 5.82. The van der Waals surface area contributed by atoms with E-state index in [0.717, 1.165) is 5.56 Å². The standard InChI is InChI=1S/C14H16N4O2/c1-20-12-7-8-16-14(18-12)17-11(13(15)19)9-10-5-3-2-4-6-10/h2-8,11H,9H2,1H3,(H2,15,19)(H,16,17,18)/t11-/m0/s1. The fourth-order valence-corrected chi connectivity index (χ4v) is 1.75. The number of primary amides is 1. The Morgan fingerprint density at radius 2 is 2.10 bits per heavy atom. The topological polar surface area (TPSA) is 90.1 Å². The highest BCUT2D eigenvalue weighted by Gasteiger charge is 2.17. The molecule has 6 nitrogen and oxygen atoms in total. The summed E-state index contributed by atoms with van der Waals surface area (Å²) in [4.78, 5) is 19.7. The van der Waals surface area contributed by atoms with Crippen molar-refractivity contribution >= 4 is 11.9 Å². The number of methoxy groups -OCH3 is 1. The van der Waals surface area contributed by atoms with Crippen LogP contribution in [0.25, 0.3) is 0 Å². The fourth-order valence-electron chi connectivity index (χ4n) is 1.75. The van der Waals surface area contributed by atoms with E-state index in [1.807, 2.05) is 30.3 Å². The SMILES string of the molecule is COc1ccnc(N[C@@H](Cc2ccccc2)C(N)=O)n1. The smallest absolute Gasteiger partial charge is 0.240 e. The molecule has 0 saturated heterocycles. The number of nitrogens with one attached hydrogen (secondary N) is 1. The molecule has 1 amide bonds. The Labute approximate surface area is 117 Å². The Morgan fingerprint density at radius 3 is 2.75 bits per heavy atom. The lowest BCUT2D eigenvalue weighted by molar-refractivity contribution is -0.118. The molecule has 1 aromatic carbocycles. The van der Waals surface area contributed by atoms with Crippen molar-refractivity contribution in [3.63, 3.8) is 0 Å². The Kier molecular flexibility index (Phi) is 4.49. The summed E-state index contributed by atoms with van der Waals surface area (Å²) in [5, 5.41) is 2.92. The highest BCUT2D eigenvalue weighted by Crippen LogP contribution is 2.10. The molecule has 0 fully saturated rings. The van der Waals surface area contributed by atoms with Crippen molar-refractivity contribution in [3.05, 3.63) is 48.2 Å². The van der Waals surface area contributed by atoms with Crippen LogP contribution < -0.4 is 15.8 Å². The average Bonchev–Trinajstić information content (AvgIpc) is 2.48. The minimum atomic E-state index is -0.579. The van der Waals surface area contributed by atoms with Crippen molar-refractivity contribution in [3.8, 4) is 5.88 Å². The minimum absolute atomic E-state index is 0.309. The number of aromatic nitrogens is 2. The van der Waals surface area contributed by atoms with Gasteiger partial charge in [-0.15, -0.1) is 0 Å². The summed E-state index contributed by atoms with van der Waals surface area (Å²) in [7, 11) is 1.52. The molecule has 0 unspecified atom stereocenters. The number of carbonyl (C=O) groups is 1. The number of anilines is 1. The molecule has 104 valence electrons. The largest absolute Gasteiger partial charge is 0.481 e. The highest BCUT2D eigenvalue weighted by atomic mass is 16.5. The van der Waals surface area contributed by atoms with Crippen LogP contribution in [0.2, 0.25) is 0 Å². The van der Waals surface area contributed by atoms with Gasteiger partial charge in [-0.2, -0.15) is 4.98 Å². The van der Waals surface area contributed by atoms with Crippen molar-refractivity contribution in [2.45, 2.75) is 12.5 Å². The van der Waals surface area contributed by atoms with Crippen molar-refractivity contribution in [1.29, 1.82) is 0 Å². The zero-order valence-electron chi connectivity index (χ0n) is 11.1. The van der Waals surface area contributed by atoms with E-state index in [0.29, 0.717) is 18.2 Å². The number of hydrogen-bond donors (Lipinski definition) is 2. The first-order valence-corrected chi connectivity index (χ1v) is 6.16. The molecule has 0 radical (unpaired) electrons. The average molecular weight is 272 g/mol. The number of ether oxygens (including phenoxy) is 1. The van der Waals surface area contributed by atoms with E-state index in [1.165, 1.54) is 7.11 Å². The Bertz CT molecular complexity index is 574. The maximum Gasteiger partial charge on any atom is 0.240 e. The molecular weight excluding hydrogens is 256 g/mol. The fraction of sp³-hybridized carbons (Fsp3) is 0.214. The number of nitrogens with two attached hydrogens (primary N) is 1. The summed E-state index contributed by atoms with van der Waals surface area (Å²) in [5.41, 5.74) is 6.42. The Morgan fingerprint density at radius 1 is 1.35 bits per heavy atom. The molecule has 20 heavy (non-hydrogen) atoms. The zero-order chi connectivity index (χ0) is 14.4. The van der Waals surface area contributed by atoms with Gasteiger partial charge in [0.2, 0.25) is 17.7 Å². The number of hydrogen-bond acceptors (Lipinski definition) is 5. The molecular formula is C14H16N4O2. The van der Waals surface area contributed by atoms with E-state index in [9.17, 15) is 4.79 Å². The van der Waals surface area contributed by atoms with Crippen LogP contribution in [-0.2, 0) is 11.2 Å². The summed E-state index contributed by atoms with van der Waals surface area (Å²) in [6.45, 7) is 0. The van der Waals surface area contributed by atoms with Crippen LogP contribution in [0.5, 0.6) is 5.88 Å². The number of benzene rings is 1. The third-order valence-electron chi connectivity index (χ3n) is 2.77. The molecule has 0 aliphatic rings. The van der Waals surface area contributed by atoms with Gasteiger partial charge >= 0.3 is 0 Å². The lowest BCUT2D eigenvalue weighted by atomic mass is 10.1. The van der Waals surface area contributed by atoms with Crippen molar-refractivity contribution in [2.75, 3.05) is 12.4 Å². The molecule has 1 heterocycles. The summed E-state index contributed by atoms with van der Waals surface area (Å²) in [6, 6.07) is 10.7. The second-order valence-electron chi connectivity index (χ2n) is 4.21. The minimum Gasteiger partial charge on any atom is -0.481 e. The van der Waals surface area contributed by atoms with Gasteiger partial charge in [-0.3, -0.25) is 4.79 Å². The van der Waals surface area contributed by atoms with Gasteiger partial charge in [0.15, 0.2) is 0 Å². The lowest BCUT2D eigenvalue weighted by Gasteiger charge is -2.15. The Hall–Kier alpha value is -2.63. The zero-order valence-corrected chi connectivity index (χ0v) is 11.1. The van der Waals surface area contributed by atoms with Crippen LogP contribution in [0, 0.1) is 0 Å². The summed E-state index contributed by atoms with van der Waals surface area (Å²) in [5.74, 6) is 0.273. The number of amides is 1. The van der Waals surface area contributed by atoms with Gasteiger partial charge in [-0.1, -0.05) is 30.3 Å². The summed E-state index contributed by atoms with van der Waals surface area (Å²) in [6.07, 6.45) is 2.02. The molecule has 0 spiro atoms. The van der Waals surface area contributed by atoms with E-state index in [1.54, 1.807) is 12.3 Å². The first-order chi connectivity index (χ1) is 9.69. The second kappa shape index (κ2) is 6.51. The first kappa shape index (κ1) is 13.8. The number of nitrogens with zero attached hydrogens (tertiary/aromatic N) is 2. The third-order valence-corrected chi connectivity index (χ3v) is 2.77. The molecule has 1 atom stereocenters. The van der Waals surface area contributed by atoms with Crippen LogP contribution in [-0.4, -0.2) is 29.0 Å². The predicted octanol–water partition coefficient (Wildman–Crippen LogP) is 0.994. The maximum absolute atomic E-state index is 11.5. The van der Waals surface area contributed by atoms with Crippen LogP contribution in [0.3, 0.4) is 0 Å². The molecule has 2 rings (SSSR count). The number of carbonyl (C=O) groups excluding carboxylic acids is 1. The van der Waals surface area contributed by atoms with Crippen LogP contribution in [0.15, 0.2) is 42.6 Å². The van der Waals surface area contributed by atoms with Gasteiger partial charge < -0.3 is 15.8 Å².